The number of carbonyl (C=O) groups is 1. The number of alkyl halides is 1. The van der Waals surface area contributed by atoms with Crippen LogP contribution in [0.2, 0.25) is 0 Å². The van der Waals surface area contributed by atoms with E-state index < -0.39 is 0 Å². The number of hydrogen-bond acceptors (Lipinski definition) is 1. The third-order valence-corrected chi connectivity index (χ3v) is 3.04. The molecule has 0 aromatic rings. The summed E-state index contributed by atoms with van der Waals surface area (Å²) in [7, 11) is 0. The van der Waals surface area contributed by atoms with Gasteiger partial charge in [0.15, 0.2) is 0 Å². The average molecular weight is 250 g/mol. The van der Waals surface area contributed by atoms with E-state index in [0.29, 0.717) is 0 Å². The largest absolute Gasteiger partial charge is 0.355 e. The van der Waals surface area contributed by atoms with Crippen molar-refractivity contribution in [1.82, 2.24) is 5.32 Å². The van der Waals surface area contributed by atoms with E-state index >= 15 is 0 Å². The molecule has 0 aliphatic carbocycles. The monoisotopic (exact) mass is 249 g/mol. The summed E-state index contributed by atoms with van der Waals surface area (Å²) < 4.78 is 0. The smallest absolute Gasteiger partial charge is 0.233 e. The normalized spacial score (nSPS) is 12.5. The first kappa shape index (κ1) is 12.9. The average Bonchev–Trinajstić information content (AvgIpc) is 2.16. The zero-order chi connectivity index (χ0) is 10.1. The van der Waals surface area contributed by atoms with Crippen molar-refractivity contribution < 1.29 is 4.79 Å². The molecule has 0 fully saturated rings. The number of carbonyl (C=O) groups excluding carboxylic acids is 1. The lowest BCUT2D eigenvalue weighted by Gasteiger charge is -2.07. The molecule has 0 bridgehead atoms. The second-order valence-electron chi connectivity index (χ2n) is 3.23. The summed E-state index contributed by atoms with van der Waals surface area (Å²) in [6, 6.07) is 0. The molecule has 0 saturated heterocycles. The number of amides is 1. The molecule has 0 spiro atoms. The Balaban J connectivity index is 3.27. The van der Waals surface area contributed by atoms with E-state index in [4.69, 9.17) is 0 Å². The molecule has 2 nitrogen and oxygen atoms in total. The molecule has 1 atom stereocenters. The molecular formula is C10H20BrNO. The predicted molar refractivity (Wildman–Crippen MR) is 60.2 cm³/mol. The van der Waals surface area contributed by atoms with Gasteiger partial charge >= 0.3 is 0 Å². The SMILES string of the molecule is CCCCCCNC(=O)C(Br)CC. The van der Waals surface area contributed by atoms with Gasteiger partial charge in [-0.2, -0.15) is 0 Å². The van der Waals surface area contributed by atoms with Crippen LogP contribution in [0.4, 0.5) is 0 Å². The van der Waals surface area contributed by atoms with Gasteiger partial charge in [0.1, 0.15) is 0 Å². The van der Waals surface area contributed by atoms with Gasteiger partial charge in [-0.15, -0.1) is 0 Å². The summed E-state index contributed by atoms with van der Waals surface area (Å²) in [5.74, 6) is 0.124. The standard InChI is InChI=1S/C10H20BrNO/c1-3-5-6-7-8-12-10(13)9(11)4-2/h9H,3-8H2,1-2H3,(H,12,13). The maximum Gasteiger partial charge on any atom is 0.233 e. The van der Waals surface area contributed by atoms with Gasteiger partial charge in [-0.1, -0.05) is 49.0 Å². The van der Waals surface area contributed by atoms with Crippen LogP contribution in [0.5, 0.6) is 0 Å². The fourth-order valence-electron chi connectivity index (χ4n) is 1.06. The van der Waals surface area contributed by atoms with E-state index in [9.17, 15) is 4.79 Å². The topological polar surface area (TPSA) is 29.1 Å². The van der Waals surface area contributed by atoms with Crippen LogP contribution in [0, 0.1) is 0 Å². The third-order valence-electron chi connectivity index (χ3n) is 1.97. The highest BCUT2D eigenvalue weighted by molar-refractivity contribution is 9.10. The molecule has 0 aromatic heterocycles. The molecule has 0 aliphatic rings. The molecule has 0 saturated carbocycles. The van der Waals surface area contributed by atoms with Crippen LogP contribution in [0.25, 0.3) is 0 Å². The second-order valence-corrected chi connectivity index (χ2v) is 4.33. The molecule has 13 heavy (non-hydrogen) atoms. The van der Waals surface area contributed by atoms with Crippen molar-refractivity contribution >= 4 is 21.8 Å². The summed E-state index contributed by atoms with van der Waals surface area (Å²) >= 11 is 3.31. The molecule has 1 N–H and O–H groups in total. The molecule has 1 amide bonds. The first-order valence-electron chi connectivity index (χ1n) is 5.14. The van der Waals surface area contributed by atoms with Crippen LogP contribution in [0.3, 0.4) is 0 Å². The van der Waals surface area contributed by atoms with E-state index in [1.807, 2.05) is 6.92 Å². The fraction of sp³-hybridized carbons (Fsp3) is 0.900. The molecule has 3 heteroatoms. The van der Waals surface area contributed by atoms with E-state index in [0.717, 1.165) is 19.4 Å². The van der Waals surface area contributed by atoms with Gasteiger partial charge in [-0.25, -0.2) is 0 Å². The Morgan fingerprint density at radius 3 is 2.54 bits per heavy atom. The molecule has 0 heterocycles. The minimum atomic E-state index is -0.0151. The van der Waals surface area contributed by atoms with Gasteiger partial charge in [0.2, 0.25) is 5.91 Å². The zero-order valence-electron chi connectivity index (χ0n) is 8.61. The minimum absolute atomic E-state index is 0.0151. The minimum Gasteiger partial charge on any atom is -0.355 e. The van der Waals surface area contributed by atoms with Crippen LogP contribution in [-0.4, -0.2) is 17.3 Å². The van der Waals surface area contributed by atoms with Gasteiger partial charge in [0.25, 0.3) is 0 Å². The second kappa shape index (κ2) is 8.54. The lowest BCUT2D eigenvalue weighted by atomic mass is 10.2. The zero-order valence-corrected chi connectivity index (χ0v) is 10.2. The van der Waals surface area contributed by atoms with Gasteiger partial charge in [0.05, 0.1) is 4.83 Å². The first-order chi connectivity index (χ1) is 6.22. The summed E-state index contributed by atoms with van der Waals surface area (Å²) in [5.41, 5.74) is 0. The van der Waals surface area contributed by atoms with Crippen LogP contribution in [-0.2, 0) is 4.79 Å². The Labute approximate surface area is 89.6 Å². The summed E-state index contributed by atoms with van der Waals surface area (Å²) in [6.07, 6.45) is 5.67. The van der Waals surface area contributed by atoms with Gasteiger partial charge in [-0.05, 0) is 12.8 Å². The number of halogens is 1. The maximum atomic E-state index is 11.2. The number of unbranched alkanes of at least 4 members (excludes halogenated alkanes) is 3. The lowest BCUT2D eigenvalue weighted by Crippen LogP contribution is -2.31. The summed E-state index contributed by atoms with van der Waals surface area (Å²) in [4.78, 5) is 11.2. The predicted octanol–water partition coefficient (Wildman–Crippen LogP) is 2.86. The third kappa shape index (κ3) is 7.05. The fourth-order valence-corrected chi connectivity index (χ4v) is 1.22. The highest BCUT2D eigenvalue weighted by atomic mass is 79.9. The van der Waals surface area contributed by atoms with E-state index in [-0.39, 0.29) is 10.7 Å². The van der Waals surface area contributed by atoms with E-state index in [1.165, 1.54) is 19.3 Å². The molecule has 0 rings (SSSR count). The molecular weight excluding hydrogens is 230 g/mol. The number of nitrogens with one attached hydrogen (secondary N) is 1. The van der Waals surface area contributed by atoms with Crippen molar-refractivity contribution in [3.05, 3.63) is 0 Å². The Kier molecular flexibility index (Phi) is 8.51. The first-order valence-corrected chi connectivity index (χ1v) is 6.05. The van der Waals surface area contributed by atoms with Gasteiger partial charge < -0.3 is 5.32 Å². The van der Waals surface area contributed by atoms with Crippen LogP contribution in [0.15, 0.2) is 0 Å². The Morgan fingerprint density at radius 1 is 1.31 bits per heavy atom. The molecule has 78 valence electrons. The van der Waals surface area contributed by atoms with E-state index in [1.54, 1.807) is 0 Å². The highest BCUT2D eigenvalue weighted by Gasteiger charge is 2.10. The van der Waals surface area contributed by atoms with Crippen LogP contribution < -0.4 is 5.32 Å². The highest BCUT2D eigenvalue weighted by Crippen LogP contribution is 2.04. The van der Waals surface area contributed by atoms with Crippen molar-refractivity contribution in [2.45, 2.75) is 50.8 Å². The lowest BCUT2D eigenvalue weighted by molar-refractivity contribution is -0.120. The molecule has 0 aromatic carbocycles. The Hall–Kier alpha value is -0.0500. The Bertz CT molecular complexity index is 139. The molecule has 0 aliphatic heterocycles. The summed E-state index contributed by atoms with van der Waals surface area (Å²) in [5, 5.41) is 2.91. The van der Waals surface area contributed by atoms with Gasteiger partial charge in [-0.3, -0.25) is 4.79 Å². The molecule has 0 radical (unpaired) electrons. The Morgan fingerprint density at radius 2 is 2.00 bits per heavy atom. The van der Waals surface area contributed by atoms with Crippen molar-refractivity contribution in [1.29, 1.82) is 0 Å². The maximum absolute atomic E-state index is 11.2. The van der Waals surface area contributed by atoms with E-state index in [2.05, 4.69) is 28.2 Å². The number of rotatable bonds is 7. The molecule has 1 unspecified atom stereocenters. The van der Waals surface area contributed by atoms with Crippen LogP contribution in [0.1, 0.15) is 46.0 Å². The summed E-state index contributed by atoms with van der Waals surface area (Å²) in [6.45, 7) is 5.00. The van der Waals surface area contributed by atoms with Crippen molar-refractivity contribution in [3.63, 3.8) is 0 Å². The van der Waals surface area contributed by atoms with Crippen LogP contribution >= 0.6 is 15.9 Å². The quantitative estimate of drug-likeness (QED) is 0.546. The van der Waals surface area contributed by atoms with Crippen molar-refractivity contribution in [2.75, 3.05) is 6.54 Å². The number of hydrogen-bond donors (Lipinski definition) is 1. The van der Waals surface area contributed by atoms with Crippen molar-refractivity contribution in [2.24, 2.45) is 0 Å². The van der Waals surface area contributed by atoms with Gasteiger partial charge in [0, 0.05) is 6.54 Å². The van der Waals surface area contributed by atoms with Crippen molar-refractivity contribution in [3.8, 4) is 0 Å².